The highest BCUT2D eigenvalue weighted by atomic mass is 16.7. The molecule has 258 valence electrons. The number of amides is 1. The summed E-state index contributed by atoms with van der Waals surface area (Å²) in [6.45, 7) is -0.564. The van der Waals surface area contributed by atoms with Gasteiger partial charge in [-0.2, -0.15) is 0 Å². The molecular formula is C37H39NO11. The second-order valence-corrected chi connectivity index (χ2v) is 12.0. The Hall–Kier alpha value is -4.91. The van der Waals surface area contributed by atoms with E-state index in [2.05, 4.69) is 5.32 Å². The van der Waals surface area contributed by atoms with Crippen LogP contribution < -0.4 is 14.8 Å². The predicted octanol–water partition coefficient (Wildman–Crippen LogP) is 4.59. The number of allylic oxidation sites excluding steroid dienone is 2. The van der Waals surface area contributed by atoms with Crippen LogP contribution in [0.5, 0.6) is 11.5 Å². The Morgan fingerprint density at radius 3 is 2.00 bits per heavy atom. The third-order valence-corrected chi connectivity index (χ3v) is 8.69. The summed E-state index contributed by atoms with van der Waals surface area (Å²) in [5, 5.41) is 13.0. The van der Waals surface area contributed by atoms with E-state index in [1.165, 1.54) is 7.11 Å². The first kappa shape index (κ1) is 34.0. The molecule has 0 bridgehead atoms. The van der Waals surface area contributed by atoms with Crippen LogP contribution in [0.2, 0.25) is 0 Å². The minimum Gasteiger partial charge on any atom is -0.454 e. The second-order valence-electron chi connectivity index (χ2n) is 12.0. The normalized spacial score (nSPS) is 27.3. The van der Waals surface area contributed by atoms with Gasteiger partial charge in [0.25, 0.3) is 0 Å². The summed E-state index contributed by atoms with van der Waals surface area (Å²) in [5.74, 6) is -1.42. The number of methoxy groups -OCH3 is 1. The van der Waals surface area contributed by atoms with E-state index >= 15 is 0 Å². The van der Waals surface area contributed by atoms with E-state index in [-0.39, 0.29) is 6.79 Å². The number of rotatable bonds is 8. The molecular weight excluding hydrogens is 634 g/mol. The monoisotopic (exact) mass is 673 g/mol. The van der Waals surface area contributed by atoms with Gasteiger partial charge in [0.2, 0.25) is 6.79 Å². The molecule has 0 aromatic heterocycles. The summed E-state index contributed by atoms with van der Waals surface area (Å²) < 4.78 is 40.3. The summed E-state index contributed by atoms with van der Waals surface area (Å²) in [6, 6.07) is 23.9. The van der Waals surface area contributed by atoms with E-state index in [0.717, 1.165) is 11.1 Å². The van der Waals surface area contributed by atoms with E-state index in [0.29, 0.717) is 42.9 Å². The SMILES string of the molecule is CO[C@H]1O[C@H](CO)[C@@H](OC(=O)Nc2ccc3c(c2)OCO3)[C@@H]2OC(=O)[C@@H](Cc3ccccc3)C/C=C/C[C@H](Cc3ccccc3)C(=O)O[C@@H]12. The summed E-state index contributed by atoms with van der Waals surface area (Å²) in [5.41, 5.74) is 2.22. The summed E-state index contributed by atoms with van der Waals surface area (Å²) in [4.78, 5) is 41.1. The van der Waals surface area contributed by atoms with Crippen LogP contribution in [0, 0.1) is 11.8 Å². The molecule has 0 saturated carbocycles. The minimum atomic E-state index is -1.39. The van der Waals surface area contributed by atoms with Crippen molar-refractivity contribution in [2.45, 2.75) is 56.4 Å². The topological polar surface area (TPSA) is 148 Å². The molecule has 12 heteroatoms. The van der Waals surface area contributed by atoms with Gasteiger partial charge in [-0.3, -0.25) is 14.9 Å². The molecule has 3 heterocycles. The maximum Gasteiger partial charge on any atom is 0.412 e. The smallest absolute Gasteiger partial charge is 0.412 e. The molecule has 0 spiro atoms. The fraction of sp³-hybridized carbons (Fsp3) is 0.378. The fourth-order valence-corrected chi connectivity index (χ4v) is 6.17. The first-order valence-electron chi connectivity index (χ1n) is 16.2. The first-order chi connectivity index (χ1) is 23.9. The maximum absolute atomic E-state index is 14.0. The lowest BCUT2D eigenvalue weighted by molar-refractivity contribution is -0.300. The van der Waals surface area contributed by atoms with Crippen molar-refractivity contribution in [1.29, 1.82) is 0 Å². The lowest BCUT2D eigenvalue weighted by atomic mass is 9.92. The van der Waals surface area contributed by atoms with Crippen LogP contribution in [-0.4, -0.2) is 74.4 Å². The maximum atomic E-state index is 14.0. The highest BCUT2D eigenvalue weighted by molar-refractivity contribution is 5.85. The van der Waals surface area contributed by atoms with Gasteiger partial charge < -0.3 is 38.3 Å². The van der Waals surface area contributed by atoms with E-state index in [4.69, 9.17) is 33.2 Å². The third kappa shape index (κ3) is 8.40. The number of ether oxygens (including phenoxy) is 7. The molecule has 1 saturated heterocycles. The number of carbonyl (C=O) groups excluding carboxylic acids is 3. The standard InChI is InChI=1S/C37H39NO11/c1-43-36-33-32(31(30(21-39)46-36)49-37(42)38-27-16-17-28-29(20-27)45-22-44-28)47-34(40)25(18-23-10-4-2-5-11-23)14-8-9-15-26(35(41)48-33)19-24-12-6-3-7-13-24/h2-13,16-17,20,25-26,30-33,36,39H,14-15,18-19,21-22H2,1H3,(H,38,42)/b9-8+/t25-,26-,30-,31-,32+,33-,36+/m1/s1. The van der Waals surface area contributed by atoms with Crippen LogP contribution in [0.1, 0.15) is 24.0 Å². The molecule has 12 nitrogen and oxygen atoms in total. The molecule has 1 fully saturated rings. The highest BCUT2D eigenvalue weighted by Gasteiger charge is 2.53. The van der Waals surface area contributed by atoms with Crippen molar-refractivity contribution >= 4 is 23.7 Å². The van der Waals surface area contributed by atoms with Crippen molar-refractivity contribution in [3.8, 4) is 11.5 Å². The predicted molar refractivity (Wildman–Crippen MR) is 175 cm³/mol. The molecule has 3 aromatic rings. The number of aliphatic hydroxyl groups excluding tert-OH is 1. The van der Waals surface area contributed by atoms with Crippen LogP contribution in [0.4, 0.5) is 10.5 Å². The zero-order valence-electron chi connectivity index (χ0n) is 27.0. The van der Waals surface area contributed by atoms with Gasteiger partial charge in [-0.1, -0.05) is 72.8 Å². The van der Waals surface area contributed by atoms with Crippen LogP contribution in [0.25, 0.3) is 0 Å². The zero-order chi connectivity index (χ0) is 34.2. The van der Waals surface area contributed by atoms with E-state index in [9.17, 15) is 19.5 Å². The first-order valence-corrected chi connectivity index (χ1v) is 16.2. The van der Waals surface area contributed by atoms with Gasteiger partial charge in [0.1, 0.15) is 6.10 Å². The minimum absolute atomic E-state index is 0.0575. The molecule has 3 aliphatic heterocycles. The van der Waals surface area contributed by atoms with Gasteiger partial charge >= 0.3 is 18.0 Å². The number of benzene rings is 3. The molecule has 6 rings (SSSR count). The van der Waals surface area contributed by atoms with Crippen LogP contribution in [0.3, 0.4) is 0 Å². The lowest BCUT2D eigenvalue weighted by Gasteiger charge is -2.44. The molecule has 0 radical (unpaired) electrons. The quantitative estimate of drug-likeness (QED) is 0.197. The zero-order valence-corrected chi connectivity index (χ0v) is 27.0. The number of esters is 2. The molecule has 1 amide bonds. The summed E-state index contributed by atoms with van der Waals surface area (Å²) in [6.07, 6.45) is -2.28. The summed E-state index contributed by atoms with van der Waals surface area (Å²) >= 11 is 0. The number of anilines is 1. The van der Waals surface area contributed by atoms with Crippen LogP contribution >= 0.6 is 0 Å². The van der Waals surface area contributed by atoms with E-state index in [1.54, 1.807) is 18.2 Å². The average molecular weight is 674 g/mol. The van der Waals surface area contributed by atoms with Crippen molar-refractivity contribution in [2.75, 3.05) is 25.8 Å². The molecule has 7 atom stereocenters. The van der Waals surface area contributed by atoms with Gasteiger partial charge in [-0.05, 0) is 48.9 Å². The largest absolute Gasteiger partial charge is 0.454 e. The number of carbonyl (C=O) groups is 3. The van der Waals surface area contributed by atoms with Gasteiger partial charge in [-0.15, -0.1) is 0 Å². The van der Waals surface area contributed by atoms with E-state index < -0.39 is 67.2 Å². The second kappa shape index (κ2) is 16.0. The van der Waals surface area contributed by atoms with Crippen molar-refractivity contribution in [2.24, 2.45) is 11.8 Å². The van der Waals surface area contributed by atoms with E-state index in [1.807, 2.05) is 72.8 Å². The Labute approximate surface area is 283 Å². The Balaban J connectivity index is 1.31. The molecule has 49 heavy (non-hydrogen) atoms. The Morgan fingerprint density at radius 2 is 1.41 bits per heavy atom. The van der Waals surface area contributed by atoms with Gasteiger partial charge in [0.15, 0.2) is 36.1 Å². The number of fused-ring (bicyclic) bond motifs is 2. The van der Waals surface area contributed by atoms with Gasteiger partial charge in [0, 0.05) is 18.9 Å². The third-order valence-electron chi connectivity index (χ3n) is 8.69. The highest BCUT2D eigenvalue weighted by Crippen LogP contribution is 2.35. The molecule has 0 unspecified atom stereocenters. The van der Waals surface area contributed by atoms with Crippen LogP contribution in [0.15, 0.2) is 91.0 Å². The number of nitrogens with one attached hydrogen (secondary N) is 1. The fourth-order valence-electron chi connectivity index (χ4n) is 6.17. The molecule has 3 aromatic carbocycles. The Morgan fingerprint density at radius 1 is 0.816 bits per heavy atom. The number of aliphatic hydroxyl groups is 1. The Bertz CT molecular complexity index is 1620. The molecule has 0 aliphatic carbocycles. The lowest BCUT2D eigenvalue weighted by Crippen LogP contribution is -2.63. The van der Waals surface area contributed by atoms with Gasteiger partial charge in [-0.25, -0.2) is 4.79 Å². The number of hydrogen-bond donors (Lipinski definition) is 2. The average Bonchev–Trinajstić information content (AvgIpc) is 3.59. The van der Waals surface area contributed by atoms with Gasteiger partial charge in [0.05, 0.1) is 18.4 Å². The van der Waals surface area contributed by atoms with Crippen molar-refractivity contribution in [3.05, 3.63) is 102 Å². The Kier molecular flexibility index (Phi) is 11.1. The van der Waals surface area contributed by atoms with Crippen molar-refractivity contribution < 1.29 is 52.6 Å². The number of hydrogen-bond acceptors (Lipinski definition) is 11. The summed E-state index contributed by atoms with van der Waals surface area (Å²) in [7, 11) is 1.35. The molecule has 3 aliphatic rings. The van der Waals surface area contributed by atoms with Crippen LogP contribution in [-0.2, 0) is 46.1 Å². The molecule has 2 N–H and O–H groups in total. The van der Waals surface area contributed by atoms with Crippen molar-refractivity contribution in [1.82, 2.24) is 0 Å². The van der Waals surface area contributed by atoms with Crippen molar-refractivity contribution in [3.63, 3.8) is 0 Å².